The summed E-state index contributed by atoms with van der Waals surface area (Å²) in [5.41, 5.74) is 7.00. The van der Waals surface area contributed by atoms with E-state index >= 15 is 0 Å². The lowest BCUT2D eigenvalue weighted by Gasteiger charge is -2.10. The van der Waals surface area contributed by atoms with Crippen LogP contribution in [0.1, 0.15) is 0 Å². The Kier molecular flexibility index (Phi) is 3.38. The van der Waals surface area contributed by atoms with Gasteiger partial charge in [-0.05, 0) is 30.3 Å². The summed E-state index contributed by atoms with van der Waals surface area (Å²) in [6, 6.07) is 12.7. The van der Waals surface area contributed by atoms with Gasteiger partial charge >= 0.3 is 0 Å². The molecule has 1 heterocycles. The van der Waals surface area contributed by atoms with Gasteiger partial charge in [-0.2, -0.15) is 0 Å². The minimum absolute atomic E-state index is 0.371. The standard InChI is InChI=1S/C15H10Cl2N2O/c16-12-6-10(18)7-13(17)15(12)20-11-4-3-9-2-1-5-19-14(9)8-11/h1-8H,18H2. The summed E-state index contributed by atoms with van der Waals surface area (Å²) in [6.45, 7) is 0. The molecule has 5 heteroatoms. The molecule has 3 rings (SSSR count). The number of halogens is 2. The highest BCUT2D eigenvalue weighted by molar-refractivity contribution is 6.37. The van der Waals surface area contributed by atoms with Crippen molar-refractivity contribution in [3.63, 3.8) is 0 Å². The van der Waals surface area contributed by atoms with Crippen LogP contribution < -0.4 is 10.5 Å². The topological polar surface area (TPSA) is 48.1 Å². The van der Waals surface area contributed by atoms with Crippen LogP contribution in [0.25, 0.3) is 10.9 Å². The fourth-order valence-corrected chi connectivity index (χ4v) is 2.49. The van der Waals surface area contributed by atoms with Crippen LogP contribution in [0.3, 0.4) is 0 Å². The number of ether oxygens (including phenoxy) is 1. The lowest BCUT2D eigenvalue weighted by molar-refractivity contribution is 0.484. The van der Waals surface area contributed by atoms with E-state index < -0.39 is 0 Å². The Labute approximate surface area is 125 Å². The molecular weight excluding hydrogens is 295 g/mol. The maximum absolute atomic E-state index is 6.10. The average Bonchev–Trinajstić information content (AvgIpc) is 2.42. The molecule has 0 aliphatic heterocycles. The average molecular weight is 305 g/mol. The summed E-state index contributed by atoms with van der Waals surface area (Å²) in [7, 11) is 0. The van der Waals surface area contributed by atoms with Gasteiger partial charge in [0.15, 0.2) is 5.75 Å². The molecule has 0 unspecified atom stereocenters. The van der Waals surface area contributed by atoms with Crippen molar-refractivity contribution >= 4 is 39.8 Å². The highest BCUT2D eigenvalue weighted by Crippen LogP contribution is 2.38. The van der Waals surface area contributed by atoms with Crippen LogP contribution in [-0.2, 0) is 0 Å². The number of fused-ring (bicyclic) bond motifs is 1. The second-order valence-electron chi connectivity index (χ2n) is 4.27. The SMILES string of the molecule is Nc1cc(Cl)c(Oc2ccc3cccnc3c2)c(Cl)c1. The minimum atomic E-state index is 0.371. The van der Waals surface area contributed by atoms with Crippen LogP contribution in [0.15, 0.2) is 48.7 Å². The quantitative estimate of drug-likeness (QED) is 0.684. The van der Waals surface area contributed by atoms with E-state index in [-0.39, 0.29) is 0 Å². The molecule has 0 saturated heterocycles. The van der Waals surface area contributed by atoms with Crippen molar-refractivity contribution in [1.82, 2.24) is 4.98 Å². The molecule has 2 aromatic carbocycles. The molecular formula is C15H10Cl2N2O. The zero-order valence-electron chi connectivity index (χ0n) is 10.3. The van der Waals surface area contributed by atoms with Crippen molar-refractivity contribution in [2.24, 2.45) is 0 Å². The summed E-state index contributed by atoms with van der Waals surface area (Å²) >= 11 is 12.2. The van der Waals surface area contributed by atoms with Crippen molar-refractivity contribution in [2.45, 2.75) is 0 Å². The lowest BCUT2D eigenvalue weighted by atomic mass is 10.2. The Bertz CT molecular complexity index is 767. The van der Waals surface area contributed by atoms with Gasteiger partial charge in [0.05, 0.1) is 15.6 Å². The van der Waals surface area contributed by atoms with Crippen molar-refractivity contribution < 1.29 is 4.74 Å². The zero-order chi connectivity index (χ0) is 14.1. The lowest BCUT2D eigenvalue weighted by Crippen LogP contribution is -1.90. The van der Waals surface area contributed by atoms with E-state index in [0.717, 1.165) is 10.9 Å². The molecule has 0 bridgehead atoms. The highest BCUT2D eigenvalue weighted by Gasteiger charge is 2.10. The Balaban J connectivity index is 2.01. The number of pyridine rings is 1. The first-order valence-corrected chi connectivity index (χ1v) is 6.66. The number of rotatable bonds is 2. The fourth-order valence-electron chi connectivity index (χ4n) is 1.90. The molecule has 0 aliphatic rings. The molecule has 0 spiro atoms. The van der Waals surface area contributed by atoms with Crippen LogP contribution in [0.5, 0.6) is 11.5 Å². The third-order valence-electron chi connectivity index (χ3n) is 2.82. The predicted octanol–water partition coefficient (Wildman–Crippen LogP) is 4.92. The molecule has 3 aromatic rings. The van der Waals surface area contributed by atoms with Gasteiger partial charge in [0.1, 0.15) is 5.75 Å². The smallest absolute Gasteiger partial charge is 0.164 e. The number of nitrogens with two attached hydrogens (primary N) is 1. The monoisotopic (exact) mass is 304 g/mol. The first kappa shape index (κ1) is 13.0. The molecule has 1 aromatic heterocycles. The molecule has 2 N–H and O–H groups in total. The van der Waals surface area contributed by atoms with Crippen LogP contribution >= 0.6 is 23.2 Å². The largest absolute Gasteiger partial charge is 0.454 e. The van der Waals surface area contributed by atoms with E-state index in [2.05, 4.69) is 4.98 Å². The van der Waals surface area contributed by atoms with Crippen LogP contribution in [-0.4, -0.2) is 4.98 Å². The first-order chi connectivity index (χ1) is 9.63. The molecule has 0 atom stereocenters. The van der Waals surface area contributed by atoms with Crippen LogP contribution in [0, 0.1) is 0 Å². The highest BCUT2D eigenvalue weighted by atomic mass is 35.5. The maximum atomic E-state index is 6.10. The van der Waals surface area contributed by atoms with E-state index in [0.29, 0.717) is 27.2 Å². The van der Waals surface area contributed by atoms with Crippen molar-refractivity contribution in [3.8, 4) is 11.5 Å². The third-order valence-corrected chi connectivity index (χ3v) is 3.38. The Morgan fingerprint density at radius 3 is 2.50 bits per heavy atom. The number of nitrogen functional groups attached to an aromatic ring is 1. The fraction of sp³-hybridized carbons (Fsp3) is 0. The van der Waals surface area contributed by atoms with Gasteiger partial charge in [0.2, 0.25) is 0 Å². The van der Waals surface area contributed by atoms with Crippen molar-refractivity contribution in [1.29, 1.82) is 0 Å². The van der Waals surface area contributed by atoms with Gasteiger partial charge in [0.25, 0.3) is 0 Å². The Morgan fingerprint density at radius 2 is 1.75 bits per heavy atom. The Morgan fingerprint density at radius 1 is 1.00 bits per heavy atom. The number of hydrogen-bond acceptors (Lipinski definition) is 3. The number of nitrogens with zero attached hydrogens (tertiary/aromatic N) is 1. The van der Waals surface area contributed by atoms with Gasteiger partial charge in [-0.15, -0.1) is 0 Å². The number of hydrogen-bond donors (Lipinski definition) is 1. The number of anilines is 1. The molecule has 0 radical (unpaired) electrons. The number of aromatic nitrogens is 1. The van der Waals surface area contributed by atoms with Crippen LogP contribution in [0.4, 0.5) is 5.69 Å². The maximum Gasteiger partial charge on any atom is 0.164 e. The molecule has 0 amide bonds. The molecule has 0 aliphatic carbocycles. The van der Waals surface area contributed by atoms with Gasteiger partial charge in [-0.3, -0.25) is 4.98 Å². The molecule has 0 saturated carbocycles. The molecule has 0 fully saturated rings. The summed E-state index contributed by atoms with van der Waals surface area (Å²) in [4.78, 5) is 4.28. The number of benzene rings is 2. The summed E-state index contributed by atoms with van der Waals surface area (Å²) in [6.07, 6.45) is 1.73. The van der Waals surface area contributed by atoms with Crippen molar-refractivity contribution in [2.75, 3.05) is 5.73 Å². The van der Waals surface area contributed by atoms with E-state index in [9.17, 15) is 0 Å². The van der Waals surface area contributed by atoms with E-state index in [1.165, 1.54) is 0 Å². The van der Waals surface area contributed by atoms with Crippen LogP contribution in [0.2, 0.25) is 10.0 Å². The second kappa shape index (κ2) is 5.19. The zero-order valence-corrected chi connectivity index (χ0v) is 11.8. The van der Waals surface area contributed by atoms with Gasteiger partial charge in [-0.1, -0.05) is 29.3 Å². The third kappa shape index (κ3) is 2.50. The minimum Gasteiger partial charge on any atom is -0.454 e. The molecule has 100 valence electrons. The molecule has 20 heavy (non-hydrogen) atoms. The first-order valence-electron chi connectivity index (χ1n) is 5.90. The van der Waals surface area contributed by atoms with E-state index in [1.807, 2.05) is 30.3 Å². The van der Waals surface area contributed by atoms with Gasteiger partial charge in [-0.25, -0.2) is 0 Å². The Hall–Kier alpha value is -1.97. The van der Waals surface area contributed by atoms with E-state index in [4.69, 9.17) is 33.7 Å². The normalized spacial score (nSPS) is 10.7. The summed E-state index contributed by atoms with van der Waals surface area (Å²) < 4.78 is 5.74. The van der Waals surface area contributed by atoms with Gasteiger partial charge < -0.3 is 10.5 Å². The summed E-state index contributed by atoms with van der Waals surface area (Å²) in [5, 5.41) is 1.78. The van der Waals surface area contributed by atoms with E-state index in [1.54, 1.807) is 18.3 Å². The van der Waals surface area contributed by atoms with Crippen molar-refractivity contribution in [3.05, 3.63) is 58.7 Å². The molecule has 3 nitrogen and oxygen atoms in total. The second-order valence-corrected chi connectivity index (χ2v) is 5.09. The summed E-state index contributed by atoms with van der Waals surface area (Å²) in [5.74, 6) is 1.00. The van der Waals surface area contributed by atoms with Gasteiger partial charge in [0, 0.05) is 23.3 Å². The predicted molar refractivity (Wildman–Crippen MR) is 82.7 cm³/mol.